The Morgan fingerprint density at radius 1 is 1.14 bits per heavy atom. The van der Waals surface area contributed by atoms with Gasteiger partial charge in [-0.1, -0.05) is 0 Å². The van der Waals surface area contributed by atoms with Crippen molar-refractivity contribution in [3.63, 3.8) is 0 Å². The molecule has 0 amide bonds. The Hall–Kier alpha value is -2.41. The van der Waals surface area contributed by atoms with Gasteiger partial charge in [0.05, 0.1) is 26.0 Å². The molecule has 0 aliphatic heterocycles. The molecule has 0 radical (unpaired) electrons. The maximum Gasteiger partial charge on any atom is 0.305 e. The van der Waals surface area contributed by atoms with Crippen molar-refractivity contribution in [1.82, 2.24) is 5.32 Å². The topological polar surface area (TPSA) is 113 Å². The highest BCUT2D eigenvalue weighted by molar-refractivity contribution is 6.01. The molecule has 0 saturated carbocycles. The molecule has 0 saturated heterocycles. The van der Waals surface area contributed by atoms with E-state index in [1.165, 1.54) is 19.2 Å². The van der Waals surface area contributed by atoms with Gasteiger partial charge in [0.1, 0.15) is 5.75 Å². The number of carboxylic acids is 2. The number of rotatable bonds is 9. The van der Waals surface area contributed by atoms with E-state index < -0.39 is 30.2 Å². The number of methoxy groups -OCH3 is 1. The highest BCUT2D eigenvalue weighted by Crippen LogP contribution is 2.13. The molecular formula is C14H17NO6. The van der Waals surface area contributed by atoms with Crippen molar-refractivity contribution in [2.24, 2.45) is 0 Å². The first-order chi connectivity index (χ1) is 9.93. The summed E-state index contributed by atoms with van der Waals surface area (Å²) in [7, 11) is 1.50. The van der Waals surface area contributed by atoms with Gasteiger partial charge < -0.3 is 20.3 Å². The molecule has 1 rings (SSSR count). The maximum atomic E-state index is 12.2. The predicted octanol–water partition coefficient (Wildman–Crippen LogP) is 0.785. The third-order valence-electron chi connectivity index (χ3n) is 2.80. The Morgan fingerprint density at radius 2 is 1.76 bits per heavy atom. The fraction of sp³-hybridized carbons (Fsp3) is 0.357. The van der Waals surface area contributed by atoms with Crippen LogP contribution in [0.3, 0.4) is 0 Å². The van der Waals surface area contributed by atoms with Crippen LogP contribution in [0.5, 0.6) is 5.75 Å². The molecule has 21 heavy (non-hydrogen) atoms. The maximum absolute atomic E-state index is 12.2. The molecule has 0 aliphatic rings. The van der Waals surface area contributed by atoms with Crippen LogP contribution in [-0.4, -0.2) is 47.6 Å². The lowest BCUT2D eigenvalue weighted by molar-refractivity contribution is -0.137. The summed E-state index contributed by atoms with van der Waals surface area (Å²) >= 11 is 0. The van der Waals surface area contributed by atoms with E-state index in [4.69, 9.17) is 14.9 Å². The molecule has 0 heterocycles. The number of carboxylic acid groups (broad SMARTS) is 2. The van der Waals surface area contributed by atoms with Gasteiger partial charge in [-0.3, -0.25) is 14.4 Å². The molecule has 7 nitrogen and oxygen atoms in total. The number of carbonyl (C=O) groups excluding carboxylic acids is 1. The number of hydrogen-bond acceptors (Lipinski definition) is 5. The average Bonchev–Trinajstić information content (AvgIpc) is 2.45. The molecule has 0 aliphatic carbocycles. The first kappa shape index (κ1) is 16.6. The van der Waals surface area contributed by atoms with Gasteiger partial charge in [-0.25, -0.2) is 0 Å². The van der Waals surface area contributed by atoms with E-state index in [0.717, 1.165) is 0 Å². The molecule has 1 unspecified atom stereocenters. The summed E-state index contributed by atoms with van der Waals surface area (Å²) in [6.07, 6.45) is -0.601. The van der Waals surface area contributed by atoms with E-state index >= 15 is 0 Å². The van der Waals surface area contributed by atoms with Crippen molar-refractivity contribution in [3.8, 4) is 5.75 Å². The van der Waals surface area contributed by atoms with Crippen molar-refractivity contribution >= 4 is 17.7 Å². The van der Waals surface area contributed by atoms with Crippen molar-refractivity contribution in [3.05, 3.63) is 29.8 Å². The smallest absolute Gasteiger partial charge is 0.305 e. The number of Topliss-reactive ketones (excluding diaryl/α,β-unsaturated/α-hetero) is 1. The molecule has 0 bridgehead atoms. The van der Waals surface area contributed by atoms with E-state index in [-0.39, 0.29) is 13.0 Å². The quantitative estimate of drug-likeness (QED) is 0.577. The second kappa shape index (κ2) is 8.01. The van der Waals surface area contributed by atoms with Crippen LogP contribution < -0.4 is 10.1 Å². The lowest BCUT2D eigenvalue weighted by Crippen LogP contribution is -2.39. The van der Waals surface area contributed by atoms with Gasteiger partial charge >= 0.3 is 11.9 Å². The normalized spacial score (nSPS) is 11.7. The van der Waals surface area contributed by atoms with E-state index in [1.807, 2.05) is 0 Å². The Kier molecular flexibility index (Phi) is 6.35. The summed E-state index contributed by atoms with van der Waals surface area (Å²) < 4.78 is 4.98. The molecule has 3 N–H and O–H groups in total. The molecule has 0 aromatic heterocycles. The summed E-state index contributed by atoms with van der Waals surface area (Å²) in [6.45, 7) is 0.0230. The van der Waals surface area contributed by atoms with Crippen LogP contribution in [0.25, 0.3) is 0 Å². The zero-order valence-corrected chi connectivity index (χ0v) is 11.5. The van der Waals surface area contributed by atoms with Crippen LogP contribution in [0, 0.1) is 0 Å². The second-order valence-electron chi connectivity index (χ2n) is 4.34. The predicted molar refractivity (Wildman–Crippen MR) is 73.6 cm³/mol. The lowest BCUT2D eigenvalue weighted by atomic mass is 10.0. The Labute approximate surface area is 121 Å². The zero-order chi connectivity index (χ0) is 15.8. The number of benzene rings is 1. The van der Waals surface area contributed by atoms with Gasteiger partial charge in [0.2, 0.25) is 0 Å². The summed E-state index contributed by atoms with van der Waals surface area (Å²) in [5, 5.41) is 20.1. The number of aliphatic carboxylic acids is 2. The van der Waals surface area contributed by atoms with Crippen LogP contribution >= 0.6 is 0 Å². The van der Waals surface area contributed by atoms with Crippen LogP contribution in [0.2, 0.25) is 0 Å². The summed E-state index contributed by atoms with van der Waals surface area (Å²) in [5.41, 5.74) is 0.338. The Morgan fingerprint density at radius 3 is 2.24 bits per heavy atom. The lowest BCUT2D eigenvalue weighted by Gasteiger charge is -2.15. The van der Waals surface area contributed by atoms with Crippen LogP contribution in [0.1, 0.15) is 23.2 Å². The Bertz CT molecular complexity index is 511. The van der Waals surface area contributed by atoms with Gasteiger partial charge in [-0.05, 0) is 24.3 Å². The molecule has 0 fully saturated rings. The third-order valence-corrected chi connectivity index (χ3v) is 2.80. The summed E-state index contributed by atoms with van der Waals surface area (Å²) in [5.74, 6) is -1.97. The second-order valence-corrected chi connectivity index (χ2v) is 4.34. The van der Waals surface area contributed by atoms with Gasteiger partial charge in [0.25, 0.3) is 0 Å². The molecule has 1 aromatic carbocycles. The fourth-order valence-corrected chi connectivity index (χ4v) is 1.74. The molecule has 114 valence electrons. The SMILES string of the molecule is COc1ccc(C(=O)C(CC(=O)O)NCCC(=O)O)cc1. The highest BCUT2D eigenvalue weighted by atomic mass is 16.5. The van der Waals surface area contributed by atoms with Crippen LogP contribution in [0.15, 0.2) is 24.3 Å². The average molecular weight is 295 g/mol. The molecule has 1 atom stereocenters. The Balaban J connectivity index is 2.77. The van der Waals surface area contributed by atoms with Gasteiger partial charge in [-0.15, -0.1) is 0 Å². The first-order valence-electron chi connectivity index (χ1n) is 6.29. The molecular weight excluding hydrogens is 278 g/mol. The van der Waals surface area contributed by atoms with Crippen molar-refractivity contribution < 1.29 is 29.3 Å². The number of hydrogen-bond donors (Lipinski definition) is 3. The van der Waals surface area contributed by atoms with E-state index in [1.54, 1.807) is 12.1 Å². The minimum atomic E-state index is -1.13. The van der Waals surface area contributed by atoms with Crippen molar-refractivity contribution in [1.29, 1.82) is 0 Å². The number of carbonyl (C=O) groups is 3. The van der Waals surface area contributed by atoms with E-state index in [0.29, 0.717) is 11.3 Å². The number of ketones is 1. The van der Waals surface area contributed by atoms with Crippen LogP contribution in [0.4, 0.5) is 0 Å². The van der Waals surface area contributed by atoms with Gasteiger partial charge in [0.15, 0.2) is 5.78 Å². The van der Waals surface area contributed by atoms with E-state index in [9.17, 15) is 14.4 Å². The summed E-state index contributed by atoms with van der Waals surface area (Å²) in [6, 6.07) is 5.31. The summed E-state index contributed by atoms with van der Waals surface area (Å²) in [4.78, 5) is 33.5. The molecule has 1 aromatic rings. The van der Waals surface area contributed by atoms with E-state index in [2.05, 4.69) is 5.32 Å². The first-order valence-corrected chi connectivity index (χ1v) is 6.29. The highest BCUT2D eigenvalue weighted by Gasteiger charge is 2.22. The standard InChI is InChI=1S/C14H17NO6/c1-21-10-4-2-9(3-5-10)14(20)11(8-13(18)19)15-7-6-12(16)17/h2-5,11,15H,6-8H2,1H3,(H,16,17)(H,18,19). The van der Waals surface area contributed by atoms with Gasteiger partial charge in [-0.2, -0.15) is 0 Å². The minimum Gasteiger partial charge on any atom is -0.497 e. The molecule has 7 heteroatoms. The van der Waals surface area contributed by atoms with Crippen molar-refractivity contribution in [2.45, 2.75) is 18.9 Å². The van der Waals surface area contributed by atoms with Crippen LogP contribution in [-0.2, 0) is 9.59 Å². The fourth-order valence-electron chi connectivity index (χ4n) is 1.74. The minimum absolute atomic E-state index is 0.0230. The largest absolute Gasteiger partial charge is 0.497 e. The molecule has 0 spiro atoms. The third kappa shape index (κ3) is 5.62. The monoisotopic (exact) mass is 295 g/mol. The number of nitrogens with one attached hydrogen (secondary N) is 1. The van der Waals surface area contributed by atoms with Crippen molar-refractivity contribution in [2.75, 3.05) is 13.7 Å². The zero-order valence-electron chi connectivity index (χ0n) is 11.5. The number of ether oxygens (including phenoxy) is 1. The van der Waals surface area contributed by atoms with Gasteiger partial charge in [0, 0.05) is 12.1 Å².